The van der Waals surface area contributed by atoms with Crippen LogP contribution < -0.4 is 0 Å². The van der Waals surface area contributed by atoms with Crippen LogP contribution in [0.15, 0.2) is 24.0 Å². The summed E-state index contributed by atoms with van der Waals surface area (Å²) in [5.74, 6) is -0.215. The van der Waals surface area contributed by atoms with E-state index >= 15 is 0 Å². The standard InChI is InChI=1S/C12H11N7O4S/c1-8-13-6-10(19(21)22)17(8)3-4-23-12(20)11-9(2-5-24-11)18-7-14-15-16-18/h2,5-7H,3-4H2,1H3. The van der Waals surface area contributed by atoms with E-state index in [0.29, 0.717) is 16.4 Å². The summed E-state index contributed by atoms with van der Waals surface area (Å²) in [6.07, 6.45) is 2.54. The summed E-state index contributed by atoms with van der Waals surface area (Å²) in [5.41, 5.74) is 0.514. The van der Waals surface area contributed by atoms with E-state index in [-0.39, 0.29) is 19.0 Å². The highest BCUT2D eigenvalue weighted by molar-refractivity contribution is 7.12. The molecule has 0 spiro atoms. The number of nitro groups is 1. The van der Waals surface area contributed by atoms with Crippen LogP contribution in [0.2, 0.25) is 0 Å². The first-order valence-corrected chi connectivity index (χ1v) is 7.60. The lowest BCUT2D eigenvalue weighted by molar-refractivity contribution is -0.392. The minimum absolute atomic E-state index is 0.0240. The Hall–Kier alpha value is -3.15. The molecule has 0 aromatic carbocycles. The number of tetrazole rings is 1. The number of aryl methyl sites for hydroxylation is 1. The zero-order valence-corrected chi connectivity index (χ0v) is 13.2. The Morgan fingerprint density at radius 1 is 1.50 bits per heavy atom. The number of thiophene rings is 1. The Labute approximate surface area is 138 Å². The molecule has 0 aliphatic heterocycles. The molecular weight excluding hydrogens is 338 g/mol. The van der Waals surface area contributed by atoms with Gasteiger partial charge in [0.25, 0.3) is 0 Å². The quantitative estimate of drug-likeness (QED) is 0.366. The molecule has 0 aliphatic rings. The van der Waals surface area contributed by atoms with Crippen molar-refractivity contribution in [3.63, 3.8) is 0 Å². The number of ether oxygens (including phenoxy) is 1. The van der Waals surface area contributed by atoms with Gasteiger partial charge in [0, 0.05) is 6.92 Å². The van der Waals surface area contributed by atoms with Crippen LogP contribution in [-0.2, 0) is 11.3 Å². The lowest BCUT2D eigenvalue weighted by atomic mass is 10.4. The molecule has 24 heavy (non-hydrogen) atoms. The van der Waals surface area contributed by atoms with Gasteiger partial charge in [-0.1, -0.05) is 0 Å². The van der Waals surface area contributed by atoms with E-state index in [9.17, 15) is 14.9 Å². The third-order valence-electron chi connectivity index (χ3n) is 3.19. The summed E-state index contributed by atoms with van der Waals surface area (Å²) >= 11 is 1.20. The first kappa shape index (κ1) is 15.7. The zero-order chi connectivity index (χ0) is 17.1. The van der Waals surface area contributed by atoms with E-state index < -0.39 is 10.9 Å². The molecule has 3 rings (SSSR count). The Bertz CT molecular complexity index is 870. The Morgan fingerprint density at radius 2 is 2.33 bits per heavy atom. The van der Waals surface area contributed by atoms with Gasteiger partial charge in [-0.15, -0.1) is 16.4 Å². The predicted octanol–water partition coefficient (Wildman–Crippen LogP) is 0.994. The molecule has 0 radical (unpaired) electrons. The average molecular weight is 349 g/mol. The minimum atomic E-state index is -0.545. The highest BCUT2D eigenvalue weighted by Gasteiger charge is 2.20. The summed E-state index contributed by atoms with van der Waals surface area (Å²) in [4.78, 5) is 26.8. The van der Waals surface area contributed by atoms with E-state index in [1.54, 1.807) is 18.4 Å². The minimum Gasteiger partial charge on any atom is -0.457 e. The van der Waals surface area contributed by atoms with Crippen molar-refractivity contribution in [1.29, 1.82) is 0 Å². The van der Waals surface area contributed by atoms with E-state index in [0.717, 1.165) is 0 Å². The number of hydrogen-bond acceptors (Lipinski definition) is 9. The molecule has 3 aromatic rings. The normalized spacial score (nSPS) is 10.7. The second-order valence-corrected chi connectivity index (χ2v) is 5.51. The highest BCUT2D eigenvalue weighted by atomic mass is 32.1. The lowest BCUT2D eigenvalue weighted by Gasteiger charge is -2.05. The number of nitrogens with zero attached hydrogens (tertiary/aromatic N) is 7. The molecule has 0 unspecified atom stereocenters. The maximum absolute atomic E-state index is 12.2. The van der Waals surface area contributed by atoms with Crippen molar-refractivity contribution in [3.05, 3.63) is 44.8 Å². The van der Waals surface area contributed by atoms with Gasteiger partial charge in [-0.3, -0.25) is 0 Å². The largest absolute Gasteiger partial charge is 0.457 e. The van der Waals surface area contributed by atoms with E-state index in [2.05, 4.69) is 20.5 Å². The van der Waals surface area contributed by atoms with Gasteiger partial charge >= 0.3 is 11.8 Å². The summed E-state index contributed by atoms with van der Waals surface area (Å²) in [6.45, 7) is 1.76. The molecule has 3 aromatic heterocycles. The number of aromatic nitrogens is 6. The molecule has 0 atom stereocenters. The number of imidazole rings is 1. The van der Waals surface area contributed by atoms with Gasteiger partial charge in [0.05, 0.1) is 5.69 Å². The summed E-state index contributed by atoms with van der Waals surface area (Å²) in [7, 11) is 0. The van der Waals surface area contributed by atoms with Crippen LogP contribution in [0.4, 0.5) is 5.82 Å². The maximum atomic E-state index is 12.2. The Balaban J connectivity index is 1.66. The van der Waals surface area contributed by atoms with Crippen molar-refractivity contribution in [1.82, 2.24) is 29.8 Å². The fourth-order valence-electron chi connectivity index (χ4n) is 2.08. The number of carbonyl (C=O) groups excluding carboxylic acids is 1. The summed E-state index contributed by atoms with van der Waals surface area (Å²) < 4.78 is 7.94. The molecule has 0 N–H and O–H groups in total. The second kappa shape index (κ2) is 6.54. The Morgan fingerprint density at radius 3 is 3.04 bits per heavy atom. The molecule has 0 saturated carbocycles. The van der Waals surface area contributed by atoms with E-state index in [1.807, 2.05) is 0 Å². The fourth-order valence-corrected chi connectivity index (χ4v) is 2.85. The topological polar surface area (TPSA) is 131 Å². The van der Waals surface area contributed by atoms with Crippen LogP contribution in [0.25, 0.3) is 5.69 Å². The van der Waals surface area contributed by atoms with Crippen molar-refractivity contribution in [3.8, 4) is 5.69 Å². The van der Waals surface area contributed by atoms with Gasteiger partial charge in [-0.05, 0) is 26.8 Å². The van der Waals surface area contributed by atoms with Crippen molar-refractivity contribution < 1.29 is 14.5 Å². The molecule has 0 bridgehead atoms. The number of esters is 1. The van der Waals surface area contributed by atoms with Crippen LogP contribution in [0.1, 0.15) is 15.5 Å². The predicted molar refractivity (Wildman–Crippen MR) is 80.9 cm³/mol. The van der Waals surface area contributed by atoms with Gasteiger partial charge in [-0.25, -0.2) is 14.3 Å². The zero-order valence-electron chi connectivity index (χ0n) is 12.4. The van der Waals surface area contributed by atoms with Crippen molar-refractivity contribution >= 4 is 23.1 Å². The first-order chi connectivity index (χ1) is 11.6. The van der Waals surface area contributed by atoms with Crippen LogP contribution in [-0.4, -0.2) is 47.3 Å². The first-order valence-electron chi connectivity index (χ1n) is 6.72. The molecule has 0 amide bonds. The third-order valence-corrected chi connectivity index (χ3v) is 4.08. The molecule has 0 aliphatic carbocycles. The van der Waals surface area contributed by atoms with Crippen LogP contribution in [0, 0.1) is 17.0 Å². The smallest absolute Gasteiger partial charge is 0.350 e. The molecule has 0 fully saturated rings. The molecule has 124 valence electrons. The monoisotopic (exact) mass is 349 g/mol. The molecule has 11 nitrogen and oxygen atoms in total. The summed E-state index contributed by atoms with van der Waals surface area (Å²) in [6, 6.07) is 1.70. The van der Waals surface area contributed by atoms with Crippen molar-refractivity contribution in [2.75, 3.05) is 6.61 Å². The highest BCUT2D eigenvalue weighted by Crippen LogP contribution is 2.21. The Kier molecular flexibility index (Phi) is 4.29. The van der Waals surface area contributed by atoms with Crippen molar-refractivity contribution in [2.45, 2.75) is 13.5 Å². The van der Waals surface area contributed by atoms with Crippen LogP contribution in [0.3, 0.4) is 0 Å². The van der Waals surface area contributed by atoms with Gasteiger partial charge in [0.2, 0.25) is 0 Å². The van der Waals surface area contributed by atoms with Gasteiger partial charge in [-0.2, -0.15) is 4.68 Å². The number of hydrogen-bond donors (Lipinski definition) is 0. The maximum Gasteiger partial charge on any atom is 0.350 e. The van der Waals surface area contributed by atoms with Crippen molar-refractivity contribution in [2.24, 2.45) is 0 Å². The number of rotatable bonds is 6. The SMILES string of the molecule is Cc1ncc([N+](=O)[O-])n1CCOC(=O)c1sccc1-n1cnnn1. The molecule has 3 heterocycles. The molecule has 12 heteroatoms. The van der Waals surface area contributed by atoms with Gasteiger partial charge < -0.3 is 14.9 Å². The molecule has 0 saturated heterocycles. The van der Waals surface area contributed by atoms with Crippen LogP contribution >= 0.6 is 11.3 Å². The van der Waals surface area contributed by atoms with Gasteiger partial charge in [0.1, 0.15) is 30.6 Å². The van der Waals surface area contributed by atoms with E-state index in [1.165, 1.54) is 33.1 Å². The second-order valence-electron chi connectivity index (χ2n) is 4.60. The third kappa shape index (κ3) is 2.99. The lowest BCUT2D eigenvalue weighted by Crippen LogP contribution is -2.14. The fraction of sp³-hybridized carbons (Fsp3) is 0.250. The number of carbonyl (C=O) groups is 1. The van der Waals surface area contributed by atoms with Gasteiger partial charge in [0.15, 0.2) is 5.82 Å². The van der Waals surface area contributed by atoms with Crippen LogP contribution in [0.5, 0.6) is 0 Å². The average Bonchev–Trinajstić information content (AvgIpc) is 3.27. The summed E-state index contributed by atoms with van der Waals surface area (Å²) in [5, 5.41) is 23.4. The van der Waals surface area contributed by atoms with E-state index in [4.69, 9.17) is 4.74 Å². The molecular formula is C12H11N7O4S.